The van der Waals surface area contributed by atoms with Crippen molar-refractivity contribution in [3.05, 3.63) is 0 Å². The molecule has 0 amide bonds. The van der Waals surface area contributed by atoms with Crippen LogP contribution in [0.4, 0.5) is 0 Å². The Balaban J connectivity index is 1.87. The molecular weight excluding hydrogens is 160 g/mol. The lowest BCUT2D eigenvalue weighted by molar-refractivity contribution is 0.243. The third-order valence-electron chi connectivity index (χ3n) is 3.93. The first-order valence-electron chi connectivity index (χ1n) is 5.71. The molecule has 2 fully saturated rings. The van der Waals surface area contributed by atoms with Crippen molar-refractivity contribution >= 4 is 0 Å². The quantitative estimate of drug-likeness (QED) is 0.695. The number of hydrogen-bond acceptors (Lipinski definition) is 2. The summed E-state index contributed by atoms with van der Waals surface area (Å²) in [6.07, 6.45) is 4.11. The average molecular weight is 182 g/mol. The molecule has 1 aliphatic carbocycles. The fourth-order valence-corrected chi connectivity index (χ4v) is 2.51. The molecule has 0 spiro atoms. The topological polar surface area (TPSA) is 15.3 Å². The van der Waals surface area contributed by atoms with Gasteiger partial charge in [-0.05, 0) is 37.8 Å². The predicted octanol–water partition coefficient (Wildman–Crippen LogP) is 1.47. The molecule has 76 valence electrons. The lowest BCUT2D eigenvalue weighted by atomic mass is 10.1. The molecule has 2 unspecified atom stereocenters. The van der Waals surface area contributed by atoms with Gasteiger partial charge in [-0.2, -0.15) is 0 Å². The number of nitrogens with one attached hydrogen (secondary N) is 1. The molecule has 1 heterocycles. The summed E-state index contributed by atoms with van der Waals surface area (Å²) in [5.74, 6) is 0. The highest BCUT2D eigenvalue weighted by atomic mass is 15.2. The van der Waals surface area contributed by atoms with Crippen molar-refractivity contribution in [1.82, 2.24) is 10.2 Å². The van der Waals surface area contributed by atoms with Crippen LogP contribution in [0.25, 0.3) is 0 Å². The molecule has 0 aromatic rings. The van der Waals surface area contributed by atoms with E-state index in [2.05, 4.69) is 24.1 Å². The molecule has 0 aromatic carbocycles. The Morgan fingerprint density at radius 1 is 1.38 bits per heavy atom. The van der Waals surface area contributed by atoms with E-state index >= 15 is 0 Å². The molecular formula is C11H22N2. The van der Waals surface area contributed by atoms with Gasteiger partial charge in [-0.25, -0.2) is 0 Å². The van der Waals surface area contributed by atoms with Crippen LogP contribution in [0.1, 0.15) is 33.1 Å². The summed E-state index contributed by atoms with van der Waals surface area (Å²) in [6, 6.07) is 0.900. The first kappa shape index (κ1) is 9.47. The average Bonchev–Trinajstić information content (AvgIpc) is 2.85. The monoisotopic (exact) mass is 182 g/mol. The molecule has 2 rings (SSSR count). The van der Waals surface area contributed by atoms with Crippen LogP contribution >= 0.6 is 0 Å². The van der Waals surface area contributed by atoms with Crippen LogP contribution in [0.2, 0.25) is 0 Å². The van der Waals surface area contributed by atoms with Crippen LogP contribution < -0.4 is 5.32 Å². The summed E-state index contributed by atoms with van der Waals surface area (Å²) in [5.41, 5.74) is 0.657. The van der Waals surface area contributed by atoms with Gasteiger partial charge >= 0.3 is 0 Å². The van der Waals surface area contributed by atoms with Gasteiger partial charge in [0.25, 0.3) is 0 Å². The predicted molar refractivity (Wildman–Crippen MR) is 55.9 cm³/mol. The highest BCUT2D eigenvalue weighted by Crippen LogP contribution is 2.51. The number of hydrogen-bond donors (Lipinski definition) is 1. The van der Waals surface area contributed by atoms with E-state index in [0.29, 0.717) is 5.41 Å². The number of nitrogens with zero attached hydrogens (tertiary/aromatic N) is 1. The second-order valence-corrected chi connectivity index (χ2v) is 4.87. The van der Waals surface area contributed by atoms with Crippen LogP contribution in [-0.2, 0) is 0 Å². The van der Waals surface area contributed by atoms with Crippen LogP contribution in [0, 0.1) is 5.41 Å². The molecule has 0 aromatic heterocycles. The molecule has 13 heavy (non-hydrogen) atoms. The Hall–Kier alpha value is -0.0800. The molecule has 2 heteroatoms. The van der Waals surface area contributed by atoms with Gasteiger partial charge in [-0.15, -0.1) is 0 Å². The van der Waals surface area contributed by atoms with E-state index in [4.69, 9.17) is 0 Å². The normalized spacial score (nSPS) is 41.5. The Labute approximate surface area is 81.7 Å². The molecule has 2 atom stereocenters. The maximum Gasteiger partial charge on any atom is 0.0156 e. The minimum Gasteiger partial charge on any atom is -0.315 e. The highest BCUT2D eigenvalue weighted by molar-refractivity contribution is 5.05. The van der Waals surface area contributed by atoms with Crippen molar-refractivity contribution < 1.29 is 0 Å². The zero-order valence-electron chi connectivity index (χ0n) is 8.97. The van der Waals surface area contributed by atoms with Gasteiger partial charge in [-0.1, -0.05) is 13.8 Å². The van der Waals surface area contributed by atoms with Gasteiger partial charge in [0.1, 0.15) is 0 Å². The van der Waals surface area contributed by atoms with Crippen molar-refractivity contribution in [3.8, 4) is 0 Å². The summed E-state index contributed by atoms with van der Waals surface area (Å²) < 4.78 is 0. The maximum atomic E-state index is 3.46. The third kappa shape index (κ3) is 1.89. The summed E-state index contributed by atoms with van der Waals surface area (Å²) >= 11 is 0. The van der Waals surface area contributed by atoms with Crippen LogP contribution in [-0.4, -0.2) is 37.1 Å². The van der Waals surface area contributed by atoms with E-state index in [1.54, 1.807) is 0 Å². The fraction of sp³-hybridized carbons (Fsp3) is 1.00. The highest BCUT2D eigenvalue weighted by Gasteiger charge is 2.51. The molecule has 1 N–H and O–H groups in total. The molecule has 2 aliphatic rings. The molecule has 0 bridgehead atoms. The van der Waals surface area contributed by atoms with Gasteiger partial charge < -0.3 is 5.32 Å². The zero-order chi connectivity index (χ0) is 9.31. The summed E-state index contributed by atoms with van der Waals surface area (Å²) in [7, 11) is 0. The largest absolute Gasteiger partial charge is 0.315 e. The van der Waals surface area contributed by atoms with Gasteiger partial charge in [0.05, 0.1) is 0 Å². The van der Waals surface area contributed by atoms with E-state index in [9.17, 15) is 0 Å². The van der Waals surface area contributed by atoms with Crippen molar-refractivity contribution in [2.24, 2.45) is 5.41 Å². The standard InChI is InChI=1S/C11H22N2/c1-3-11(2)9-10(11)13-7-4-5-12-6-8-13/h10,12H,3-9H2,1-2H3. The Kier molecular flexibility index (Phi) is 2.61. The van der Waals surface area contributed by atoms with Gasteiger partial charge in [0.2, 0.25) is 0 Å². The van der Waals surface area contributed by atoms with Crippen LogP contribution in [0.3, 0.4) is 0 Å². The summed E-state index contributed by atoms with van der Waals surface area (Å²) in [5, 5.41) is 3.46. The Bertz CT molecular complexity index is 173. The van der Waals surface area contributed by atoms with Crippen LogP contribution in [0.5, 0.6) is 0 Å². The van der Waals surface area contributed by atoms with Crippen molar-refractivity contribution in [1.29, 1.82) is 0 Å². The molecule has 1 saturated carbocycles. The third-order valence-corrected chi connectivity index (χ3v) is 3.93. The van der Waals surface area contributed by atoms with E-state index < -0.39 is 0 Å². The minimum absolute atomic E-state index is 0.657. The van der Waals surface area contributed by atoms with E-state index in [-0.39, 0.29) is 0 Å². The van der Waals surface area contributed by atoms with Crippen molar-refractivity contribution in [3.63, 3.8) is 0 Å². The van der Waals surface area contributed by atoms with Gasteiger partial charge in [-0.3, -0.25) is 4.90 Å². The maximum absolute atomic E-state index is 3.46. The Morgan fingerprint density at radius 3 is 2.92 bits per heavy atom. The molecule has 1 saturated heterocycles. The Morgan fingerprint density at radius 2 is 2.23 bits per heavy atom. The molecule has 2 nitrogen and oxygen atoms in total. The first-order valence-corrected chi connectivity index (χ1v) is 5.71. The van der Waals surface area contributed by atoms with Gasteiger partial charge in [0.15, 0.2) is 0 Å². The second kappa shape index (κ2) is 3.58. The van der Waals surface area contributed by atoms with Gasteiger partial charge in [0, 0.05) is 19.1 Å². The zero-order valence-corrected chi connectivity index (χ0v) is 8.97. The molecule has 1 aliphatic heterocycles. The lowest BCUT2D eigenvalue weighted by Crippen LogP contribution is -2.32. The van der Waals surface area contributed by atoms with Crippen molar-refractivity contribution in [2.45, 2.75) is 39.2 Å². The summed E-state index contributed by atoms with van der Waals surface area (Å²) in [4.78, 5) is 2.70. The first-order chi connectivity index (χ1) is 6.26. The second-order valence-electron chi connectivity index (χ2n) is 4.87. The summed E-state index contributed by atoms with van der Waals surface area (Å²) in [6.45, 7) is 9.75. The lowest BCUT2D eigenvalue weighted by Gasteiger charge is -2.22. The van der Waals surface area contributed by atoms with E-state index in [1.807, 2.05) is 0 Å². The van der Waals surface area contributed by atoms with E-state index in [1.165, 1.54) is 45.4 Å². The molecule has 0 radical (unpaired) electrons. The van der Waals surface area contributed by atoms with Crippen LogP contribution in [0.15, 0.2) is 0 Å². The number of rotatable bonds is 2. The minimum atomic E-state index is 0.657. The SMILES string of the molecule is CCC1(C)CC1N1CCCNCC1. The van der Waals surface area contributed by atoms with Crippen molar-refractivity contribution in [2.75, 3.05) is 26.2 Å². The fourth-order valence-electron chi connectivity index (χ4n) is 2.51. The van der Waals surface area contributed by atoms with E-state index in [0.717, 1.165) is 6.04 Å². The smallest absolute Gasteiger partial charge is 0.0156 e.